The number of likely N-dealkylation sites (tertiary alicyclic amines) is 1. The summed E-state index contributed by atoms with van der Waals surface area (Å²) in [5.41, 5.74) is 8.15. The van der Waals surface area contributed by atoms with Crippen molar-refractivity contribution in [3.63, 3.8) is 0 Å². The van der Waals surface area contributed by atoms with Crippen LogP contribution in [0.5, 0.6) is 5.75 Å². The first-order valence-corrected chi connectivity index (χ1v) is 8.99. The number of para-hydroxylation sites is 1. The second-order valence-corrected chi connectivity index (χ2v) is 6.66. The van der Waals surface area contributed by atoms with Crippen molar-refractivity contribution in [2.24, 2.45) is 5.73 Å². The smallest absolute Gasteiger partial charge is 0.260 e. The minimum absolute atomic E-state index is 0.0131. The Bertz CT molecular complexity index is 700. The summed E-state index contributed by atoms with van der Waals surface area (Å²) in [6, 6.07) is 18.0. The molecule has 2 atom stereocenters. The lowest BCUT2D eigenvalue weighted by molar-refractivity contribution is -0.137. The van der Waals surface area contributed by atoms with E-state index in [-0.39, 0.29) is 24.6 Å². The van der Waals surface area contributed by atoms with Crippen LogP contribution in [0.1, 0.15) is 26.2 Å². The van der Waals surface area contributed by atoms with Crippen LogP contribution in [0.25, 0.3) is 11.1 Å². The van der Waals surface area contributed by atoms with E-state index in [4.69, 9.17) is 10.5 Å². The van der Waals surface area contributed by atoms with Gasteiger partial charge in [0.15, 0.2) is 6.61 Å². The summed E-state index contributed by atoms with van der Waals surface area (Å²) < 4.78 is 5.90. The van der Waals surface area contributed by atoms with Gasteiger partial charge in [0.2, 0.25) is 0 Å². The number of hydrogen-bond donors (Lipinski definition) is 1. The van der Waals surface area contributed by atoms with E-state index in [1.54, 1.807) is 0 Å². The summed E-state index contributed by atoms with van der Waals surface area (Å²) in [4.78, 5) is 14.6. The number of hydrogen-bond acceptors (Lipinski definition) is 3. The molecule has 4 heteroatoms. The Morgan fingerprint density at radius 1 is 1.16 bits per heavy atom. The van der Waals surface area contributed by atoms with E-state index in [1.165, 1.54) is 0 Å². The molecule has 2 aromatic rings. The number of carbonyl (C=O) groups is 1. The molecule has 1 heterocycles. The van der Waals surface area contributed by atoms with E-state index in [2.05, 4.69) is 0 Å². The van der Waals surface area contributed by atoms with Gasteiger partial charge in [-0.25, -0.2) is 0 Å². The molecule has 0 aliphatic carbocycles. The molecule has 2 aromatic carbocycles. The molecule has 132 valence electrons. The summed E-state index contributed by atoms with van der Waals surface area (Å²) in [7, 11) is 0. The lowest BCUT2D eigenvalue weighted by atomic mass is 9.97. The van der Waals surface area contributed by atoms with Crippen molar-refractivity contribution in [2.75, 3.05) is 13.2 Å². The maximum absolute atomic E-state index is 12.7. The van der Waals surface area contributed by atoms with Crippen LogP contribution in [0.15, 0.2) is 54.6 Å². The molecule has 0 saturated carbocycles. The molecule has 1 aliphatic heterocycles. The highest BCUT2D eigenvalue weighted by Crippen LogP contribution is 2.29. The third-order valence-corrected chi connectivity index (χ3v) is 4.80. The topological polar surface area (TPSA) is 55.6 Å². The van der Waals surface area contributed by atoms with E-state index in [9.17, 15) is 4.79 Å². The highest BCUT2D eigenvalue weighted by Gasteiger charge is 2.29. The second kappa shape index (κ2) is 8.17. The van der Waals surface area contributed by atoms with E-state index in [0.29, 0.717) is 0 Å². The van der Waals surface area contributed by atoms with Gasteiger partial charge in [0, 0.05) is 24.2 Å². The van der Waals surface area contributed by atoms with Crippen LogP contribution in [0.3, 0.4) is 0 Å². The Balaban J connectivity index is 1.70. The maximum atomic E-state index is 12.7. The maximum Gasteiger partial charge on any atom is 0.260 e. The Morgan fingerprint density at radius 2 is 1.88 bits per heavy atom. The highest BCUT2D eigenvalue weighted by atomic mass is 16.5. The first kappa shape index (κ1) is 17.5. The minimum atomic E-state index is -0.0131. The first-order chi connectivity index (χ1) is 12.2. The summed E-state index contributed by atoms with van der Waals surface area (Å²) in [6.07, 6.45) is 3.15. The van der Waals surface area contributed by atoms with Gasteiger partial charge in [-0.05, 0) is 37.8 Å². The van der Waals surface area contributed by atoms with Gasteiger partial charge in [0.1, 0.15) is 5.75 Å². The monoisotopic (exact) mass is 338 g/mol. The summed E-state index contributed by atoms with van der Waals surface area (Å²) in [6.45, 7) is 2.80. The quantitative estimate of drug-likeness (QED) is 0.908. The molecule has 25 heavy (non-hydrogen) atoms. The zero-order chi connectivity index (χ0) is 17.6. The van der Waals surface area contributed by atoms with Crippen molar-refractivity contribution in [3.8, 4) is 16.9 Å². The average molecular weight is 338 g/mol. The van der Waals surface area contributed by atoms with Gasteiger partial charge in [0.25, 0.3) is 5.91 Å². The molecule has 2 unspecified atom stereocenters. The molecule has 1 amide bonds. The van der Waals surface area contributed by atoms with Crippen LogP contribution < -0.4 is 10.5 Å². The predicted molar refractivity (Wildman–Crippen MR) is 100 cm³/mol. The second-order valence-electron chi connectivity index (χ2n) is 6.66. The fraction of sp³-hybridized carbons (Fsp3) is 0.381. The first-order valence-electron chi connectivity index (χ1n) is 8.99. The normalized spacial score (nSPS) is 18.6. The molecule has 0 aromatic heterocycles. The van der Waals surface area contributed by atoms with Gasteiger partial charge < -0.3 is 15.4 Å². The number of nitrogens with two attached hydrogens (primary N) is 1. The third-order valence-electron chi connectivity index (χ3n) is 4.80. The van der Waals surface area contributed by atoms with Crippen molar-refractivity contribution in [2.45, 2.75) is 38.3 Å². The molecular weight excluding hydrogens is 312 g/mol. The zero-order valence-electron chi connectivity index (χ0n) is 14.7. The largest absolute Gasteiger partial charge is 0.483 e. The Hall–Kier alpha value is -2.33. The van der Waals surface area contributed by atoms with Crippen molar-refractivity contribution >= 4 is 5.91 Å². The number of piperidine rings is 1. The SMILES string of the molecule is CC(N)C1CCCCN1C(=O)COc1ccccc1-c1ccccc1. The summed E-state index contributed by atoms with van der Waals surface area (Å²) in [5.74, 6) is 0.751. The van der Waals surface area contributed by atoms with E-state index < -0.39 is 0 Å². The molecule has 4 nitrogen and oxygen atoms in total. The van der Waals surface area contributed by atoms with Crippen LogP contribution in [0, 0.1) is 0 Å². The standard InChI is InChI=1S/C21H26N2O2/c1-16(22)19-12-7-8-14-23(19)21(24)15-25-20-13-6-5-11-18(20)17-9-3-2-4-10-17/h2-6,9-11,13,16,19H,7-8,12,14-15,22H2,1H3. The summed E-state index contributed by atoms with van der Waals surface area (Å²) >= 11 is 0. The number of amides is 1. The van der Waals surface area contributed by atoms with Crippen molar-refractivity contribution < 1.29 is 9.53 Å². The number of rotatable bonds is 5. The van der Waals surface area contributed by atoms with Gasteiger partial charge >= 0.3 is 0 Å². The van der Waals surface area contributed by atoms with Gasteiger partial charge in [-0.2, -0.15) is 0 Å². The predicted octanol–water partition coefficient (Wildman–Crippen LogP) is 3.46. The summed E-state index contributed by atoms with van der Waals surface area (Å²) in [5, 5.41) is 0. The molecule has 0 radical (unpaired) electrons. The number of nitrogens with zero attached hydrogens (tertiary/aromatic N) is 1. The molecule has 1 fully saturated rings. The Labute approximate surface area is 149 Å². The van der Waals surface area contributed by atoms with Crippen molar-refractivity contribution in [3.05, 3.63) is 54.6 Å². The fourth-order valence-corrected chi connectivity index (χ4v) is 3.48. The lowest BCUT2D eigenvalue weighted by Crippen LogP contribution is -2.52. The number of carbonyl (C=O) groups excluding carboxylic acids is 1. The van der Waals surface area contributed by atoms with Crippen LogP contribution in [-0.2, 0) is 4.79 Å². The van der Waals surface area contributed by atoms with E-state index >= 15 is 0 Å². The minimum Gasteiger partial charge on any atom is -0.483 e. The highest BCUT2D eigenvalue weighted by molar-refractivity contribution is 5.79. The third kappa shape index (κ3) is 4.20. The number of ether oxygens (including phenoxy) is 1. The average Bonchev–Trinajstić information content (AvgIpc) is 2.67. The van der Waals surface area contributed by atoms with Gasteiger partial charge in [-0.3, -0.25) is 4.79 Å². The zero-order valence-corrected chi connectivity index (χ0v) is 14.7. The van der Waals surface area contributed by atoms with Crippen LogP contribution in [0.4, 0.5) is 0 Å². The van der Waals surface area contributed by atoms with Crippen LogP contribution >= 0.6 is 0 Å². The van der Waals surface area contributed by atoms with Gasteiger partial charge in [0.05, 0.1) is 0 Å². The molecular formula is C21H26N2O2. The molecule has 1 aliphatic rings. The van der Waals surface area contributed by atoms with E-state index in [1.807, 2.05) is 66.4 Å². The fourth-order valence-electron chi connectivity index (χ4n) is 3.48. The van der Waals surface area contributed by atoms with Crippen LogP contribution in [0.2, 0.25) is 0 Å². The van der Waals surface area contributed by atoms with Crippen molar-refractivity contribution in [1.82, 2.24) is 4.90 Å². The molecule has 0 bridgehead atoms. The van der Waals surface area contributed by atoms with Crippen LogP contribution in [-0.4, -0.2) is 36.0 Å². The molecule has 2 N–H and O–H groups in total. The number of benzene rings is 2. The van der Waals surface area contributed by atoms with Crippen molar-refractivity contribution in [1.29, 1.82) is 0 Å². The van der Waals surface area contributed by atoms with Gasteiger partial charge in [-0.1, -0.05) is 48.5 Å². The Morgan fingerprint density at radius 3 is 2.64 bits per heavy atom. The molecule has 3 rings (SSSR count). The van der Waals surface area contributed by atoms with Gasteiger partial charge in [-0.15, -0.1) is 0 Å². The lowest BCUT2D eigenvalue weighted by Gasteiger charge is -2.38. The molecule has 0 spiro atoms. The Kier molecular flexibility index (Phi) is 5.71. The molecule has 1 saturated heterocycles. The van der Waals surface area contributed by atoms with E-state index in [0.717, 1.165) is 42.7 Å².